The van der Waals surface area contributed by atoms with Crippen LogP contribution in [0.2, 0.25) is 0 Å². The fourth-order valence-corrected chi connectivity index (χ4v) is 0.972. The van der Waals surface area contributed by atoms with E-state index in [0.717, 1.165) is 12.5 Å². The van der Waals surface area contributed by atoms with Crippen molar-refractivity contribution in [3.63, 3.8) is 0 Å². The summed E-state index contributed by atoms with van der Waals surface area (Å²) >= 11 is 0. The molecule has 0 spiro atoms. The van der Waals surface area contributed by atoms with Crippen molar-refractivity contribution < 1.29 is 0 Å². The van der Waals surface area contributed by atoms with Crippen LogP contribution in [0.3, 0.4) is 0 Å². The molecule has 0 fully saturated rings. The van der Waals surface area contributed by atoms with E-state index in [4.69, 9.17) is 0 Å². The molecule has 0 aliphatic carbocycles. The van der Waals surface area contributed by atoms with E-state index in [2.05, 4.69) is 46.9 Å². The maximum absolute atomic E-state index is 3.46. The predicted molar refractivity (Wildman–Crippen MR) is 56.4 cm³/mol. The van der Waals surface area contributed by atoms with Gasteiger partial charge in [-0.25, -0.2) is 0 Å². The second-order valence-corrected chi connectivity index (χ2v) is 5.00. The Hall–Kier alpha value is -0.0400. The van der Waals surface area contributed by atoms with E-state index >= 15 is 0 Å². The summed E-state index contributed by atoms with van der Waals surface area (Å²) in [5.41, 5.74) is 0.474. The van der Waals surface area contributed by atoms with E-state index < -0.39 is 0 Å². The number of hydrogen-bond acceptors (Lipinski definition) is 1. The molecule has 0 radical (unpaired) electrons. The Kier molecular flexibility index (Phi) is 4.84. The van der Waals surface area contributed by atoms with Gasteiger partial charge in [-0.15, -0.1) is 0 Å². The van der Waals surface area contributed by atoms with E-state index in [1.54, 1.807) is 0 Å². The van der Waals surface area contributed by atoms with Crippen molar-refractivity contribution in [3.05, 3.63) is 0 Å². The molecule has 0 saturated heterocycles. The van der Waals surface area contributed by atoms with Crippen molar-refractivity contribution in [1.29, 1.82) is 0 Å². The van der Waals surface area contributed by atoms with Gasteiger partial charge in [-0.2, -0.15) is 0 Å². The Labute approximate surface area is 77.9 Å². The summed E-state index contributed by atoms with van der Waals surface area (Å²) in [4.78, 5) is 0. The van der Waals surface area contributed by atoms with Crippen LogP contribution < -0.4 is 5.32 Å². The summed E-state index contributed by atoms with van der Waals surface area (Å²) in [5, 5.41) is 3.46. The third-order valence-corrected chi connectivity index (χ3v) is 2.88. The molecule has 0 bridgehead atoms. The Morgan fingerprint density at radius 2 is 1.58 bits per heavy atom. The topological polar surface area (TPSA) is 12.0 Å². The molecule has 0 amide bonds. The third-order valence-electron chi connectivity index (χ3n) is 2.88. The highest BCUT2D eigenvalue weighted by atomic mass is 14.9. The van der Waals surface area contributed by atoms with Gasteiger partial charge in [0.15, 0.2) is 0 Å². The summed E-state index contributed by atoms with van der Waals surface area (Å²) in [7, 11) is 0. The van der Waals surface area contributed by atoms with Crippen LogP contribution in [0.5, 0.6) is 0 Å². The molecule has 0 aromatic heterocycles. The standard InChI is InChI=1S/C11H25N/c1-9(2)11(5,6)7-8-12-10(3)4/h9-10,12H,7-8H2,1-6H3. The molecule has 0 aromatic rings. The fraction of sp³-hybridized carbons (Fsp3) is 1.00. The molecule has 0 saturated carbocycles. The van der Waals surface area contributed by atoms with Crippen LogP contribution in [0.1, 0.15) is 48.0 Å². The van der Waals surface area contributed by atoms with Gasteiger partial charge in [-0.3, -0.25) is 0 Å². The molecule has 0 rings (SSSR count). The van der Waals surface area contributed by atoms with Gasteiger partial charge >= 0.3 is 0 Å². The monoisotopic (exact) mass is 171 g/mol. The fourth-order valence-electron chi connectivity index (χ4n) is 0.972. The highest BCUT2D eigenvalue weighted by Gasteiger charge is 2.21. The predicted octanol–water partition coefficient (Wildman–Crippen LogP) is 3.06. The quantitative estimate of drug-likeness (QED) is 0.670. The van der Waals surface area contributed by atoms with E-state index in [0.29, 0.717) is 11.5 Å². The molecule has 1 heteroatoms. The minimum atomic E-state index is 0.474. The van der Waals surface area contributed by atoms with Crippen LogP contribution >= 0.6 is 0 Å². The lowest BCUT2D eigenvalue weighted by molar-refractivity contribution is 0.225. The average molecular weight is 171 g/mol. The summed E-state index contributed by atoms with van der Waals surface area (Å²) in [5.74, 6) is 0.770. The van der Waals surface area contributed by atoms with Crippen LogP contribution in [0.15, 0.2) is 0 Å². The van der Waals surface area contributed by atoms with Gasteiger partial charge < -0.3 is 5.32 Å². The molecule has 0 unspecified atom stereocenters. The number of nitrogens with one attached hydrogen (secondary N) is 1. The van der Waals surface area contributed by atoms with Gasteiger partial charge in [-0.05, 0) is 24.3 Å². The molecule has 0 aromatic carbocycles. The van der Waals surface area contributed by atoms with Crippen molar-refractivity contribution in [1.82, 2.24) is 5.32 Å². The van der Waals surface area contributed by atoms with Crippen LogP contribution in [0, 0.1) is 11.3 Å². The summed E-state index contributed by atoms with van der Waals surface area (Å²) in [6.07, 6.45) is 1.27. The van der Waals surface area contributed by atoms with Crippen molar-refractivity contribution >= 4 is 0 Å². The largest absolute Gasteiger partial charge is 0.315 e. The van der Waals surface area contributed by atoms with Crippen LogP contribution in [-0.4, -0.2) is 12.6 Å². The highest BCUT2D eigenvalue weighted by molar-refractivity contribution is 4.73. The summed E-state index contributed by atoms with van der Waals surface area (Å²) in [6.45, 7) is 14.8. The molecule has 0 aliphatic rings. The molecule has 74 valence electrons. The van der Waals surface area contributed by atoms with Gasteiger partial charge in [0.2, 0.25) is 0 Å². The maximum atomic E-state index is 3.46. The normalized spacial score (nSPS) is 13.0. The van der Waals surface area contributed by atoms with Gasteiger partial charge in [0, 0.05) is 6.04 Å². The van der Waals surface area contributed by atoms with Crippen molar-refractivity contribution in [3.8, 4) is 0 Å². The van der Waals surface area contributed by atoms with Gasteiger partial charge in [0.1, 0.15) is 0 Å². The maximum Gasteiger partial charge on any atom is 0.00103 e. The summed E-state index contributed by atoms with van der Waals surface area (Å²) < 4.78 is 0. The Morgan fingerprint density at radius 3 is 1.92 bits per heavy atom. The van der Waals surface area contributed by atoms with E-state index in [1.807, 2.05) is 0 Å². The van der Waals surface area contributed by atoms with E-state index in [9.17, 15) is 0 Å². The molecular weight excluding hydrogens is 146 g/mol. The molecule has 0 aliphatic heterocycles. The van der Waals surface area contributed by atoms with Crippen LogP contribution in [0.25, 0.3) is 0 Å². The smallest absolute Gasteiger partial charge is 0.00103 e. The molecule has 1 N–H and O–H groups in total. The van der Waals surface area contributed by atoms with Crippen molar-refractivity contribution in [2.75, 3.05) is 6.54 Å². The van der Waals surface area contributed by atoms with E-state index in [-0.39, 0.29) is 0 Å². The Morgan fingerprint density at radius 1 is 1.08 bits per heavy atom. The third kappa shape index (κ3) is 4.76. The number of hydrogen-bond donors (Lipinski definition) is 1. The zero-order valence-electron chi connectivity index (χ0n) is 9.57. The second kappa shape index (κ2) is 4.86. The van der Waals surface area contributed by atoms with Gasteiger partial charge in [-0.1, -0.05) is 41.5 Å². The minimum absolute atomic E-state index is 0.474. The highest BCUT2D eigenvalue weighted by Crippen LogP contribution is 2.29. The Balaban J connectivity index is 3.61. The lowest BCUT2D eigenvalue weighted by Crippen LogP contribution is -2.29. The van der Waals surface area contributed by atoms with E-state index in [1.165, 1.54) is 6.42 Å². The summed E-state index contributed by atoms with van der Waals surface area (Å²) in [6, 6.07) is 0.618. The first-order chi connectivity index (χ1) is 5.36. The first-order valence-corrected chi connectivity index (χ1v) is 5.09. The molecular formula is C11H25N. The molecule has 0 atom stereocenters. The Bertz CT molecular complexity index is 114. The molecule has 12 heavy (non-hydrogen) atoms. The van der Waals surface area contributed by atoms with Gasteiger partial charge in [0.05, 0.1) is 0 Å². The van der Waals surface area contributed by atoms with Crippen LogP contribution in [0.4, 0.5) is 0 Å². The van der Waals surface area contributed by atoms with Crippen molar-refractivity contribution in [2.24, 2.45) is 11.3 Å². The van der Waals surface area contributed by atoms with Crippen molar-refractivity contribution in [2.45, 2.75) is 54.0 Å². The lowest BCUT2D eigenvalue weighted by Gasteiger charge is -2.29. The lowest BCUT2D eigenvalue weighted by atomic mass is 9.78. The first-order valence-electron chi connectivity index (χ1n) is 5.09. The molecule has 1 nitrogen and oxygen atoms in total. The zero-order chi connectivity index (χ0) is 9.78. The zero-order valence-corrected chi connectivity index (χ0v) is 9.57. The first kappa shape index (κ1) is 12.0. The minimum Gasteiger partial charge on any atom is -0.315 e. The average Bonchev–Trinajstić information content (AvgIpc) is 1.85. The molecule has 0 heterocycles. The number of rotatable bonds is 5. The van der Waals surface area contributed by atoms with Gasteiger partial charge in [0.25, 0.3) is 0 Å². The van der Waals surface area contributed by atoms with Crippen LogP contribution in [-0.2, 0) is 0 Å². The SMILES string of the molecule is CC(C)NCCC(C)(C)C(C)C. The second-order valence-electron chi connectivity index (χ2n) is 5.00.